The van der Waals surface area contributed by atoms with E-state index in [1.807, 2.05) is 13.8 Å². The molecule has 2 rings (SSSR count). The highest BCUT2D eigenvalue weighted by molar-refractivity contribution is 5.90. The van der Waals surface area contributed by atoms with Gasteiger partial charge in [0.2, 0.25) is 0 Å². The Kier molecular flexibility index (Phi) is 6.59. The third kappa shape index (κ3) is 5.45. The van der Waals surface area contributed by atoms with Gasteiger partial charge in [-0.05, 0) is 45.2 Å². The molecular weight excluding hydrogens is 308 g/mol. The van der Waals surface area contributed by atoms with Crippen molar-refractivity contribution in [1.29, 1.82) is 0 Å². The number of rotatable bonds is 2. The summed E-state index contributed by atoms with van der Waals surface area (Å²) in [5.74, 6) is -0.885. The molecule has 2 heteroatoms. The molecule has 2 nitrogen and oxygen atoms in total. The second-order valence-electron chi connectivity index (χ2n) is 8.18. The first-order chi connectivity index (χ1) is 11.5. The first-order valence-electron chi connectivity index (χ1n) is 8.98. The van der Waals surface area contributed by atoms with E-state index in [2.05, 4.69) is 71.9 Å². The second kappa shape index (κ2) is 7.86. The lowest BCUT2D eigenvalue weighted by atomic mass is 9.83. The summed E-state index contributed by atoms with van der Waals surface area (Å²) in [5, 5.41) is 9.40. The van der Waals surface area contributed by atoms with Gasteiger partial charge in [-0.25, -0.2) is 4.79 Å². The fourth-order valence-electron chi connectivity index (χ4n) is 2.51. The first-order valence-corrected chi connectivity index (χ1v) is 8.98. The molecule has 0 bridgehead atoms. The molecule has 0 aliphatic rings. The summed E-state index contributed by atoms with van der Waals surface area (Å²) in [6.07, 6.45) is 0. The molecule has 0 saturated heterocycles. The maximum absolute atomic E-state index is 11.4. The van der Waals surface area contributed by atoms with Crippen LogP contribution in [0, 0.1) is 0 Å². The molecule has 1 N–H and O–H groups in total. The van der Waals surface area contributed by atoms with Gasteiger partial charge in [-0.3, -0.25) is 0 Å². The molecule has 0 aromatic heterocycles. The smallest absolute Gasteiger partial charge is 0.335 e. The van der Waals surface area contributed by atoms with Gasteiger partial charge >= 0.3 is 5.97 Å². The summed E-state index contributed by atoms with van der Waals surface area (Å²) < 4.78 is 0. The van der Waals surface area contributed by atoms with Crippen molar-refractivity contribution in [2.75, 3.05) is 0 Å². The van der Waals surface area contributed by atoms with Gasteiger partial charge in [0, 0.05) is 0 Å². The fourth-order valence-corrected chi connectivity index (χ4v) is 2.51. The van der Waals surface area contributed by atoms with Crippen molar-refractivity contribution in [1.82, 2.24) is 0 Å². The Labute approximate surface area is 152 Å². The van der Waals surface area contributed by atoms with Crippen LogP contribution in [0.25, 0.3) is 11.1 Å². The van der Waals surface area contributed by atoms with Crippen LogP contribution in [-0.2, 0) is 10.8 Å². The van der Waals surface area contributed by atoms with Gasteiger partial charge in [-0.2, -0.15) is 0 Å². The lowest BCUT2D eigenvalue weighted by Gasteiger charge is -2.22. The molecule has 0 amide bonds. The first kappa shape index (κ1) is 21.0. The fraction of sp³-hybridized carbons (Fsp3) is 0.435. The van der Waals surface area contributed by atoms with Crippen LogP contribution < -0.4 is 0 Å². The van der Waals surface area contributed by atoms with Gasteiger partial charge in [0.25, 0.3) is 0 Å². The van der Waals surface area contributed by atoms with Crippen LogP contribution in [0.5, 0.6) is 0 Å². The molecule has 2 aromatic rings. The van der Waals surface area contributed by atoms with Gasteiger partial charge in [0.1, 0.15) is 0 Å². The van der Waals surface area contributed by atoms with E-state index in [4.69, 9.17) is 0 Å². The lowest BCUT2D eigenvalue weighted by Crippen LogP contribution is -2.13. The molecule has 0 saturated carbocycles. The molecule has 0 unspecified atom stereocenters. The van der Waals surface area contributed by atoms with Crippen LogP contribution in [0.15, 0.2) is 42.5 Å². The number of aromatic carboxylic acids is 1. The van der Waals surface area contributed by atoms with E-state index >= 15 is 0 Å². The average Bonchev–Trinajstić information content (AvgIpc) is 2.55. The lowest BCUT2D eigenvalue weighted by molar-refractivity contribution is 0.0696. The van der Waals surface area contributed by atoms with Gasteiger partial charge in [0.05, 0.1) is 5.56 Å². The Bertz CT molecular complexity index is 711. The van der Waals surface area contributed by atoms with Crippen LogP contribution in [-0.4, -0.2) is 11.1 Å². The molecular formula is C23H32O2. The number of hydrogen-bond donors (Lipinski definition) is 1. The number of benzene rings is 2. The van der Waals surface area contributed by atoms with Gasteiger partial charge in [-0.15, -0.1) is 0 Å². The van der Waals surface area contributed by atoms with Crippen molar-refractivity contribution >= 4 is 5.97 Å². The number of carbonyl (C=O) groups is 1. The minimum atomic E-state index is -0.885. The van der Waals surface area contributed by atoms with E-state index in [1.165, 1.54) is 5.56 Å². The molecule has 0 radical (unpaired) electrons. The van der Waals surface area contributed by atoms with E-state index in [0.717, 1.165) is 16.7 Å². The largest absolute Gasteiger partial charge is 0.478 e. The monoisotopic (exact) mass is 340 g/mol. The predicted octanol–water partition coefficient (Wildman–Crippen LogP) is 6.67. The number of hydrogen-bond acceptors (Lipinski definition) is 1. The topological polar surface area (TPSA) is 37.3 Å². The highest BCUT2D eigenvalue weighted by Crippen LogP contribution is 2.31. The van der Waals surface area contributed by atoms with Crippen molar-refractivity contribution in [2.24, 2.45) is 0 Å². The van der Waals surface area contributed by atoms with Gasteiger partial charge in [0.15, 0.2) is 0 Å². The SMILES string of the molecule is CC.CC(C)(C)c1ccc(-c2cc(C(=O)O)cc(C(C)(C)C)c2)cc1. The Morgan fingerprint density at radius 3 is 1.60 bits per heavy atom. The zero-order valence-electron chi connectivity index (χ0n) is 16.9. The van der Waals surface area contributed by atoms with Crippen molar-refractivity contribution in [2.45, 2.75) is 66.2 Å². The van der Waals surface area contributed by atoms with Crippen molar-refractivity contribution < 1.29 is 9.90 Å². The molecule has 0 atom stereocenters. The summed E-state index contributed by atoms with van der Waals surface area (Å²) in [4.78, 5) is 11.4. The van der Waals surface area contributed by atoms with E-state index in [0.29, 0.717) is 5.56 Å². The van der Waals surface area contributed by atoms with Crippen molar-refractivity contribution in [3.05, 3.63) is 59.2 Å². The van der Waals surface area contributed by atoms with Gasteiger partial charge in [-0.1, -0.05) is 85.7 Å². The molecule has 0 fully saturated rings. The third-order valence-corrected chi connectivity index (χ3v) is 4.13. The Balaban J connectivity index is 0.00000151. The number of carboxylic acids is 1. The van der Waals surface area contributed by atoms with E-state index < -0.39 is 5.97 Å². The molecule has 2 aromatic carbocycles. The van der Waals surface area contributed by atoms with Crippen LogP contribution in [0.4, 0.5) is 0 Å². The van der Waals surface area contributed by atoms with E-state index in [-0.39, 0.29) is 10.8 Å². The average molecular weight is 341 g/mol. The molecule has 25 heavy (non-hydrogen) atoms. The zero-order valence-corrected chi connectivity index (χ0v) is 16.9. The minimum absolute atomic E-state index is 0.0917. The maximum Gasteiger partial charge on any atom is 0.335 e. The molecule has 0 aliphatic heterocycles. The quantitative estimate of drug-likeness (QED) is 0.662. The highest BCUT2D eigenvalue weighted by atomic mass is 16.4. The summed E-state index contributed by atoms with van der Waals surface area (Å²) in [6.45, 7) is 16.8. The number of carboxylic acid groups (broad SMARTS) is 1. The summed E-state index contributed by atoms with van der Waals surface area (Å²) in [6, 6.07) is 14.0. The van der Waals surface area contributed by atoms with Gasteiger partial charge < -0.3 is 5.11 Å². The molecule has 0 spiro atoms. The molecule has 136 valence electrons. The summed E-state index contributed by atoms with van der Waals surface area (Å²) in [5.41, 5.74) is 4.66. The standard InChI is InChI=1S/C21H26O2.C2H6/c1-20(2,3)17-9-7-14(8-10-17)15-11-16(19(22)23)13-18(12-15)21(4,5)6;1-2/h7-13H,1-6H3,(H,22,23);1-2H3. The maximum atomic E-state index is 11.4. The molecule has 0 aliphatic carbocycles. The van der Waals surface area contributed by atoms with Crippen LogP contribution in [0.2, 0.25) is 0 Å². The zero-order chi connectivity index (χ0) is 19.4. The highest BCUT2D eigenvalue weighted by Gasteiger charge is 2.18. The van der Waals surface area contributed by atoms with E-state index in [1.54, 1.807) is 12.1 Å². The van der Waals surface area contributed by atoms with Crippen molar-refractivity contribution in [3.63, 3.8) is 0 Å². The predicted molar refractivity (Wildman–Crippen MR) is 108 cm³/mol. The molecule has 0 heterocycles. The third-order valence-electron chi connectivity index (χ3n) is 4.13. The van der Waals surface area contributed by atoms with Crippen LogP contribution in [0.3, 0.4) is 0 Å². The Morgan fingerprint density at radius 2 is 1.20 bits per heavy atom. The summed E-state index contributed by atoms with van der Waals surface area (Å²) >= 11 is 0. The minimum Gasteiger partial charge on any atom is -0.478 e. The summed E-state index contributed by atoms with van der Waals surface area (Å²) in [7, 11) is 0. The Morgan fingerprint density at radius 1 is 0.720 bits per heavy atom. The Hall–Kier alpha value is -2.09. The normalized spacial score (nSPS) is 11.5. The van der Waals surface area contributed by atoms with E-state index in [9.17, 15) is 9.90 Å². The van der Waals surface area contributed by atoms with Crippen LogP contribution >= 0.6 is 0 Å². The van der Waals surface area contributed by atoms with Crippen molar-refractivity contribution in [3.8, 4) is 11.1 Å². The second-order valence-corrected chi connectivity index (χ2v) is 8.18. The van der Waals surface area contributed by atoms with Crippen LogP contribution in [0.1, 0.15) is 76.9 Å².